The minimum atomic E-state index is -0.139. The number of nitrogens with zero attached hydrogens (tertiary/aromatic N) is 1. The number of carbonyl (C=O) groups is 1. The first-order chi connectivity index (χ1) is 7.35. The smallest absolute Gasteiger partial charge is 0.227 e. The average molecular weight is 305 g/mol. The van der Waals surface area contributed by atoms with Gasteiger partial charge in [0.05, 0.1) is 5.00 Å². The average Bonchev–Trinajstić information content (AvgIpc) is 2.63. The van der Waals surface area contributed by atoms with Crippen molar-refractivity contribution in [3.8, 4) is 0 Å². The molecule has 1 heterocycles. The summed E-state index contributed by atoms with van der Waals surface area (Å²) in [6, 6.07) is 1.94. The number of amides is 1. The van der Waals surface area contributed by atoms with Crippen LogP contribution >= 0.6 is 27.3 Å². The third-order valence-corrected chi connectivity index (χ3v) is 4.21. The van der Waals surface area contributed by atoms with Gasteiger partial charge in [0.2, 0.25) is 5.91 Å². The van der Waals surface area contributed by atoms with Gasteiger partial charge in [-0.25, -0.2) is 0 Å². The summed E-state index contributed by atoms with van der Waals surface area (Å²) >= 11 is 4.92. The Kier molecular flexibility index (Phi) is 4.52. The fraction of sp³-hybridized carbons (Fsp3) is 0.545. The molecule has 1 aromatic heterocycles. The third-order valence-electron chi connectivity index (χ3n) is 2.44. The highest BCUT2D eigenvalue weighted by molar-refractivity contribution is 9.10. The van der Waals surface area contributed by atoms with Crippen molar-refractivity contribution >= 4 is 38.2 Å². The Bertz CT molecular complexity index is 376. The van der Waals surface area contributed by atoms with Crippen LogP contribution in [0.3, 0.4) is 0 Å². The predicted octanol–water partition coefficient (Wildman–Crippen LogP) is 2.85. The van der Waals surface area contributed by atoms with Gasteiger partial charge in [-0.1, -0.05) is 13.8 Å². The van der Waals surface area contributed by atoms with Crippen LogP contribution in [0.15, 0.2) is 15.9 Å². The van der Waals surface area contributed by atoms with Crippen molar-refractivity contribution in [1.29, 1.82) is 0 Å². The fourth-order valence-corrected chi connectivity index (χ4v) is 2.61. The highest BCUT2D eigenvalue weighted by Crippen LogP contribution is 2.29. The van der Waals surface area contributed by atoms with Crippen LogP contribution in [0.2, 0.25) is 0 Å². The first-order valence-electron chi connectivity index (χ1n) is 5.06. The summed E-state index contributed by atoms with van der Waals surface area (Å²) in [6.07, 6.45) is 0.468. The molecular formula is C11H17BrN2OS. The molecule has 0 fully saturated rings. The Morgan fingerprint density at radius 1 is 1.62 bits per heavy atom. The first kappa shape index (κ1) is 13.7. The van der Waals surface area contributed by atoms with Crippen LogP contribution in [0, 0.1) is 5.41 Å². The van der Waals surface area contributed by atoms with E-state index in [1.165, 1.54) is 0 Å². The Morgan fingerprint density at radius 2 is 2.25 bits per heavy atom. The van der Waals surface area contributed by atoms with E-state index in [4.69, 9.17) is 5.73 Å². The van der Waals surface area contributed by atoms with E-state index in [0.29, 0.717) is 13.0 Å². The zero-order chi connectivity index (χ0) is 12.3. The molecule has 0 unspecified atom stereocenters. The summed E-state index contributed by atoms with van der Waals surface area (Å²) in [7, 11) is 1.80. The van der Waals surface area contributed by atoms with Crippen LogP contribution in [0.4, 0.5) is 5.00 Å². The van der Waals surface area contributed by atoms with E-state index in [9.17, 15) is 4.79 Å². The number of halogens is 1. The molecule has 1 aromatic rings. The molecule has 0 aliphatic rings. The van der Waals surface area contributed by atoms with E-state index in [1.54, 1.807) is 23.3 Å². The molecular weight excluding hydrogens is 288 g/mol. The molecule has 0 aliphatic carbocycles. The lowest BCUT2D eigenvalue weighted by atomic mass is 9.89. The van der Waals surface area contributed by atoms with Gasteiger partial charge in [-0.2, -0.15) is 0 Å². The van der Waals surface area contributed by atoms with Gasteiger partial charge in [-0.05, 0) is 34.0 Å². The minimum absolute atomic E-state index is 0.102. The number of hydrogen-bond donors (Lipinski definition) is 1. The summed E-state index contributed by atoms with van der Waals surface area (Å²) in [6.45, 7) is 4.52. The van der Waals surface area contributed by atoms with Gasteiger partial charge in [0.15, 0.2) is 0 Å². The summed E-state index contributed by atoms with van der Waals surface area (Å²) in [5.74, 6) is 0.102. The van der Waals surface area contributed by atoms with Crippen molar-refractivity contribution in [1.82, 2.24) is 0 Å². The van der Waals surface area contributed by atoms with Crippen molar-refractivity contribution in [3.63, 3.8) is 0 Å². The number of hydrogen-bond acceptors (Lipinski definition) is 3. The van der Waals surface area contributed by atoms with Gasteiger partial charge in [0.1, 0.15) is 0 Å². The fourth-order valence-electron chi connectivity index (χ4n) is 1.20. The number of anilines is 1. The standard InChI is InChI=1S/C11H17BrN2OS/c1-11(2,7-13)5-9(15)14(3)10-4-8(12)6-16-10/h4,6H,5,7,13H2,1-3H3. The Balaban J connectivity index is 2.68. The van der Waals surface area contributed by atoms with Crippen LogP contribution < -0.4 is 10.6 Å². The second-order valence-corrected chi connectivity index (χ2v) is 6.41. The van der Waals surface area contributed by atoms with E-state index in [2.05, 4.69) is 15.9 Å². The number of thiophene rings is 1. The van der Waals surface area contributed by atoms with Gasteiger partial charge in [-0.15, -0.1) is 11.3 Å². The van der Waals surface area contributed by atoms with Crippen LogP contribution in [0.1, 0.15) is 20.3 Å². The van der Waals surface area contributed by atoms with Crippen LogP contribution in [-0.4, -0.2) is 19.5 Å². The maximum absolute atomic E-state index is 12.0. The van der Waals surface area contributed by atoms with Crippen molar-refractivity contribution in [2.75, 3.05) is 18.5 Å². The normalized spacial score (nSPS) is 11.6. The maximum atomic E-state index is 12.0. The van der Waals surface area contributed by atoms with Gasteiger partial charge in [0, 0.05) is 23.3 Å². The highest BCUT2D eigenvalue weighted by Gasteiger charge is 2.23. The van der Waals surface area contributed by atoms with Crippen LogP contribution in [0.25, 0.3) is 0 Å². The van der Waals surface area contributed by atoms with E-state index in [0.717, 1.165) is 9.47 Å². The second kappa shape index (κ2) is 5.29. The van der Waals surface area contributed by atoms with Crippen molar-refractivity contribution in [3.05, 3.63) is 15.9 Å². The summed E-state index contributed by atoms with van der Waals surface area (Å²) in [5.41, 5.74) is 5.48. The lowest BCUT2D eigenvalue weighted by molar-refractivity contribution is -0.120. The largest absolute Gasteiger partial charge is 0.330 e. The molecule has 0 atom stereocenters. The van der Waals surface area contributed by atoms with Gasteiger partial charge in [-0.3, -0.25) is 4.79 Å². The first-order valence-corrected chi connectivity index (χ1v) is 6.73. The quantitative estimate of drug-likeness (QED) is 0.930. The molecule has 3 nitrogen and oxygen atoms in total. The zero-order valence-electron chi connectivity index (χ0n) is 9.79. The molecule has 0 aromatic carbocycles. The van der Waals surface area contributed by atoms with Crippen LogP contribution in [0.5, 0.6) is 0 Å². The predicted molar refractivity (Wildman–Crippen MR) is 72.9 cm³/mol. The second-order valence-electron chi connectivity index (χ2n) is 4.60. The molecule has 0 saturated heterocycles. The molecule has 90 valence electrons. The Morgan fingerprint density at radius 3 is 2.69 bits per heavy atom. The molecule has 1 rings (SSSR count). The topological polar surface area (TPSA) is 46.3 Å². The number of rotatable bonds is 4. The lowest BCUT2D eigenvalue weighted by Gasteiger charge is -2.24. The lowest BCUT2D eigenvalue weighted by Crippen LogP contribution is -2.34. The van der Waals surface area contributed by atoms with E-state index < -0.39 is 0 Å². The van der Waals surface area contributed by atoms with Crippen molar-refractivity contribution in [2.45, 2.75) is 20.3 Å². The summed E-state index contributed by atoms with van der Waals surface area (Å²) in [5, 5.41) is 2.91. The Labute approximate surface area is 109 Å². The van der Waals surface area contributed by atoms with E-state index >= 15 is 0 Å². The molecule has 2 N–H and O–H groups in total. The number of nitrogens with two attached hydrogens (primary N) is 1. The summed E-state index contributed by atoms with van der Waals surface area (Å²) < 4.78 is 1.00. The summed E-state index contributed by atoms with van der Waals surface area (Å²) in [4.78, 5) is 13.7. The van der Waals surface area contributed by atoms with Crippen LogP contribution in [-0.2, 0) is 4.79 Å². The zero-order valence-corrected chi connectivity index (χ0v) is 12.2. The van der Waals surface area contributed by atoms with E-state index in [1.807, 2.05) is 25.3 Å². The Hall–Kier alpha value is -0.390. The number of carbonyl (C=O) groups excluding carboxylic acids is 1. The molecule has 5 heteroatoms. The molecule has 1 amide bonds. The monoisotopic (exact) mass is 304 g/mol. The van der Waals surface area contributed by atoms with Gasteiger partial charge >= 0.3 is 0 Å². The third kappa shape index (κ3) is 3.57. The molecule has 0 saturated carbocycles. The molecule has 0 aliphatic heterocycles. The molecule has 0 radical (unpaired) electrons. The maximum Gasteiger partial charge on any atom is 0.227 e. The molecule has 0 spiro atoms. The van der Waals surface area contributed by atoms with Crippen molar-refractivity contribution < 1.29 is 4.79 Å². The molecule has 0 bridgehead atoms. The highest BCUT2D eigenvalue weighted by atomic mass is 79.9. The van der Waals surface area contributed by atoms with Gasteiger partial charge < -0.3 is 10.6 Å². The van der Waals surface area contributed by atoms with Gasteiger partial charge in [0.25, 0.3) is 0 Å². The SMILES string of the molecule is CN(C(=O)CC(C)(C)CN)c1cc(Br)cs1. The van der Waals surface area contributed by atoms with Crippen molar-refractivity contribution in [2.24, 2.45) is 11.1 Å². The van der Waals surface area contributed by atoms with E-state index in [-0.39, 0.29) is 11.3 Å². The molecule has 16 heavy (non-hydrogen) atoms. The minimum Gasteiger partial charge on any atom is -0.330 e.